The van der Waals surface area contributed by atoms with Crippen LogP contribution in [0.5, 0.6) is 0 Å². The SMILES string of the molecule is Cl.Cl.Cl.O=c1ncc2ccccc2[nH]1. The monoisotopic (exact) mass is 254 g/mol. The third-order valence-corrected chi connectivity index (χ3v) is 1.52. The zero-order valence-electron chi connectivity index (χ0n) is 6.97. The largest absolute Gasteiger partial charge is 0.345 e. The van der Waals surface area contributed by atoms with E-state index in [9.17, 15) is 4.79 Å². The molecule has 0 spiro atoms. The van der Waals surface area contributed by atoms with E-state index < -0.39 is 0 Å². The summed E-state index contributed by atoms with van der Waals surface area (Å²) in [6, 6.07) is 7.53. The summed E-state index contributed by atoms with van der Waals surface area (Å²) >= 11 is 0. The van der Waals surface area contributed by atoms with Crippen LogP contribution >= 0.6 is 37.2 Å². The summed E-state index contributed by atoms with van der Waals surface area (Å²) in [4.78, 5) is 16.9. The number of fused-ring (bicyclic) bond motifs is 1. The normalized spacial score (nSPS) is 8.00. The summed E-state index contributed by atoms with van der Waals surface area (Å²) in [7, 11) is 0. The van der Waals surface area contributed by atoms with E-state index in [1.807, 2.05) is 24.3 Å². The van der Waals surface area contributed by atoms with Crippen molar-refractivity contribution in [3.8, 4) is 0 Å². The molecule has 0 saturated heterocycles. The van der Waals surface area contributed by atoms with Gasteiger partial charge in [0.05, 0.1) is 5.52 Å². The number of para-hydroxylation sites is 1. The number of aromatic nitrogens is 2. The minimum absolute atomic E-state index is 0. The fourth-order valence-electron chi connectivity index (χ4n) is 0.999. The van der Waals surface area contributed by atoms with Gasteiger partial charge in [-0.2, -0.15) is 0 Å². The zero-order chi connectivity index (χ0) is 7.68. The molecule has 1 heterocycles. The number of hydrogen-bond acceptors (Lipinski definition) is 2. The van der Waals surface area contributed by atoms with Gasteiger partial charge >= 0.3 is 5.69 Å². The molecule has 0 saturated carbocycles. The molecule has 78 valence electrons. The Labute approximate surface area is 99.2 Å². The van der Waals surface area contributed by atoms with Crippen molar-refractivity contribution in [2.75, 3.05) is 0 Å². The quantitative estimate of drug-likeness (QED) is 0.784. The van der Waals surface area contributed by atoms with E-state index in [0.29, 0.717) is 0 Å². The van der Waals surface area contributed by atoms with Crippen LogP contribution in [-0.4, -0.2) is 9.97 Å². The van der Waals surface area contributed by atoms with Gasteiger partial charge in [-0.25, -0.2) is 9.78 Å². The van der Waals surface area contributed by atoms with Crippen molar-refractivity contribution in [1.29, 1.82) is 0 Å². The summed E-state index contributed by atoms with van der Waals surface area (Å²) < 4.78 is 0. The predicted octanol–water partition coefficient (Wildman–Crippen LogP) is 2.19. The number of aromatic amines is 1. The molecule has 2 rings (SSSR count). The molecule has 0 radical (unpaired) electrons. The third-order valence-electron chi connectivity index (χ3n) is 1.52. The molecular weight excluding hydrogens is 246 g/mol. The van der Waals surface area contributed by atoms with E-state index in [-0.39, 0.29) is 42.9 Å². The van der Waals surface area contributed by atoms with Crippen LogP contribution in [0.4, 0.5) is 0 Å². The number of hydrogen-bond donors (Lipinski definition) is 1. The molecule has 0 aliphatic rings. The van der Waals surface area contributed by atoms with Crippen molar-refractivity contribution < 1.29 is 0 Å². The zero-order valence-corrected chi connectivity index (χ0v) is 9.42. The first-order valence-electron chi connectivity index (χ1n) is 3.30. The Bertz CT molecular complexity index is 444. The Balaban J connectivity index is 0. The van der Waals surface area contributed by atoms with E-state index in [2.05, 4.69) is 9.97 Å². The number of benzene rings is 1. The van der Waals surface area contributed by atoms with E-state index in [4.69, 9.17) is 0 Å². The lowest BCUT2D eigenvalue weighted by Gasteiger charge is -1.92. The van der Waals surface area contributed by atoms with E-state index in [1.54, 1.807) is 6.20 Å². The molecule has 0 atom stereocenters. The van der Waals surface area contributed by atoms with Crippen LogP contribution in [0.15, 0.2) is 35.3 Å². The van der Waals surface area contributed by atoms with Crippen LogP contribution in [0, 0.1) is 0 Å². The van der Waals surface area contributed by atoms with Crippen molar-refractivity contribution in [2.45, 2.75) is 0 Å². The van der Waals surface area contributed by atoms with Gasteiger partial charge in [-0.15, -0.1) is 37.2 Å². The summed E-state index contributed by atoms with van der Waals surface area (Å²) in [5, 5.41) is 0.951. The van der Waals surface area contributed by atoms with Crippen molar-refractivity contribution in [3.05, 3.63) is 40.9 Å². The lowest BCUT2D eigenvalue weighted by atomic mass is 10.2. The molecule has 6 heteroatoms. The lowest BCUT2D eigenvalue weighted by molar-refractivity contribution is 1.12. The van der Waals surface area contributed by atoms with Gasteiger partial charge in [0, 0.05) is 11.6 Å². The van der Waals surface area contributed by atoms with Crippen LogP contribution in [-0.2, 0) is 0 Å². The fourth-order valence-corrected chi connectivity index (χ4v) is 0.999. The molecular formula is C8H9Cl3N2O. The van der Waals surface area contributed by atoms with Gasteiger partial charge in [0.1, 0.15) is 0 Å². The van der Waals surface area contributed by atoms with E-state index in [0.717, 1.165) is 10.9 Å². The standard InChI is InChI=1S/C8H6N2O.3ClH/c11-8-9-5-6-3-1-2-4-7(6)10-8;;;/h1-5H,(H,9,10,11);3*1H. The second kappa shape index (κ2) is 6.65. The molecule has 2 aromatic rings. The summed E-state index contributed by atoms with van der Waals surface area (Å²) in [5.74, 6) is 0. The minimum Gasteiger partial charge on any atom is -0.305 e. The number of H-pyrrole nitrogens is 1. The van der Waals surface area contributed by atoms with Gasteiger partial charge < -0.3 is 4.98 Å². The highest BCUT2D eigenvalue weighted by Gasteiger charge is 1.90. The summed E-state index contributed by atoms with van der Waals surface area (Å²) in [5.41, 5.74) is 0.524. The first-order chi connectivity index (χ1) is 5.36. The van der Waals surface area contributed by atoms with Crippen LogP contribution < -0.4 is 5.69 Å². The topological polar surface area (TPSA) is 45.8 Å². The van der Waals surface area contributed by atoms with Crippen molar-refractivity contribution in [2.24, 2.45) is 0 Å². The highest BCUT2D eigenvalue weighted by molar-refractivity contribution is 5.86. The smallest absolute Gasteiger partial charge is 0.305 e. The molecule has 0 aliphatic carbocycles. The van der Waals surface area contributed by atoms with Crippen LogP contribution in [0.1, 0.15) is 0 Å². The Kier molecular flexibility index (Phi) is 7.45. The number of halogens is 3. The number of nitrogens with one attached hydrogen (secondary N) is 1. The Morgan fingerprint density at radius 3 is 2.43 bits per heavy atom. The summed E-state index contributed by atoms with van der Waals surface area (Å²) in [6.07, 6.45) is 1.56. The van der Waals surface area contributed by atoms with Gasteiger partial charge in [-0.05, 0) is 6.07 Å². The third kappa shape index (κ3) is 3.18. The minimum atomic E-state index is -0.302. The van der Waals surface area contributed by atoms with Crippen LogP contribution in [0.2, 0.25) is 0 Å². The molecule has 0 amide bonds. The maximum atomic E-state index is 10.7. The summed E-state index contributed by atoms with van der Waals surface area (Å²) in [6.45, 7) is 0. The van der Waals surface area contributed by atoms with Crippen molar-refractivity contribution in [3.63, 3.8) is 0 Å². The highest BCUT2D eigenvalue weighted by Crippen LogP contribution is 2.05. The molecule has 0 unspecified atom stereocenters. The maximum absolute atomic E-state index is 10.7. The van der Waals surface area contributed by atoms with Gasteiger partial charge in [0.15, 0.2) is 0 Å². The van der Waals surface area contributed by atoms with E-state index >= 15 is 0 Å². The average Bonchev–Trinajstić information content (AvgIpc) is 2.04. The van der Waals surface area contributed by atoms with Crippen LogP contribution in [0.3, 0.4) is 0 Å². The number of rotatable bonds is 0. The molecule has 0 fully saturated rings. The first-order valence-corrected chi connectivity index (χ1v) is 3.30. The predicted molar refractivity (Wildman–Crippen MR) is 64.1 cm³/mol. The average molecular weight is 256 g/mol. The molecule has 0 bridgehead atoms. The van der Waals surface area contributed by atoms with Crippen molar-refractivity contribution >= 4 is 48.1 Å². The van der Waals surface area contributed by atoms with E-state index in [1.165, 1.54) is 0 Å². The van der Waals surface area contributed by atoms with Gasteiger partial charge in [-0.1, -0.05) is 18.2 Å². The fraction of sp³-hybridized carbons (Fsp3) is 0. The maximum Gasteiger partial charge on any atom is 0.345 e. The molecule has 3 nitrogen and oxygen atoms in total. The van der Waals surface area contributed by atoms with Crippen LogP contribution in [0.25, 0.3) is 10.9 Å². The Morgan fingerprint density at radius 2 is 1.71 bits per heavy atom. The lowest BCUT2D eigenvalue weighted by Crippen LogP contribution is -2.07. The molecule has 1 N–H and O–H groups in total. The molecule has 1 aromatic carbocycles. The Morgan fingerprint density at radius 1 is 1.07 bits per heavy atom. The molecule has 0 aliphatic heterocycles. The first kappa shape index (κ1) is 15.7. The highest BCUT2D eigenvalue weighted by atomic mass is 35.5. The second-order valence-corrected chi connectivity index (χ2v) is 2.28. The molecule has 14 heavy (non-hydrogen) atoms. The second-order valence-electron chi connectivity index (χ2n) is 2.28. The molecule has 1 aromatic heterocycles. The van der Waals surface area contributed by atoms with Crippen molar-refractivity contribution in [1.82, 2.24) is 9.97 Å². The van der Waals surface area contributed by atoms with Gasteiger partial charge in [-0.3, -0.25) is 0 Å². The number of nitrogens with zero attached hydrogens (tertiary/aromatic N) is 1. The van der Waals surface area contributed by atoms with Gasteiger partial charge in [0.25, 0.3) is 0 Å². The van der Waals surface area contributed by atoms with Gasteiger partial charge in [0.2, 0.25) is 0 Å². The Hall–Kier alpha value is -0.770.